The number of rotatable bonds is 5. The number of urea groups is 1. The molecular formula is C11H11N5O3S. The normalized spacial score (nSPS) is 11.6. The number of benzene rings is 1. The van der Waals surface area contributed by atoms with Gasteiger partial charge in [0.1, 0.15) is 0 Å². The molecule has 1 aromatic heterocycles. The zero-order chi connectivity index (χ0) is 14.4. The Morgan fingerprint density at radius 1 is 1.30 bits per heavy atom. The summed E-state index contributed by atoms with van der Waals surface area (Å²) in [5, 5.41) is 21.1. The number of carbonyl (C=O) groups excluding carboxylic acids is 1. The molecule has 1 atom stereocenters. The van der Waals surface area contributed by atoms with Crippen molar-refractivity contribution in [2.75, 3.05) is 5.32 Å². The number of amides is 2. The second-order valence-electron chi connectivity index (χ2n) is 3.83. The van der Waals surface area contributed by atoms with Crippen LogP contribution >= 0.6 is 11.5 Å². The van der Waals surface area contributed by atoms with Crippen molar-refractivity contribution in [1.29, 1.82) is 0 Å². The summed E-state index contributed by atoms with van der Waals surface area (Å²) in [7, 11) is 0. The first-order valence-corrected chi connectivity index (χ1v) is 6.42. The average molecular weight is 293 g/mol. The smallest absolute Gasteiger partial charge is 0.321 e. The van der Waals surface area contributed by atoms with Gasteiger partial charge in [-0.2, -0.15) is 0 Å². The molecule has 0 radical (unpaired) electrons. The van der Waals surface area contributed by atoms with Crippen LogP contribution in [0.4, 0.5) is 9.93 Å². The Morgan fingerprint density at radius 3 is 2.65 bits per heavy atom. The maximum atomic E-state index is 11.8. The van der Waals surface area contributed by atoms with Crippen LogP contribution in [0.5, 0.6) is 0 Å². The van der Waals surface area contributed by atoms with E-state index in [4.69, 9.17) is 5.11 Å². The van der Waals surface area contributed by atoms with E-state index in [9.17, 15) is 9.59 Å². The number of hydrogen-bond donors (Lipinski definition) is 3. The van der Waals surface area contributed by atoms with Crippen molar-refractivity contribution in [1.82, 2.24) is 20.1 Å². The largest absolute Gasteiger partial charge is 0.481 e. The first kappa shape index (κ1) is 13.9. The SMILES string of the molecule is O=C(O)CC(NC(=O)Nc1nnns1)c1ccccc1. The molecule has 20 heavy (non-hydrogen) atoms. The van der Waals surface area contributed by atoms with E-state index >= 15 is 0 Å². The van der Waals surface area contributed by atoms with Crippen molar-refractivity contribution in [2.45, 2.75) is 12.5 Å². The van der Waals surface area contributed by atoms with Gasteiger partial charge in [0.05, 0.1) is 12.5 Å². The van der Waals surface area contributed by atoms with Crippen molar-refractivity contribution < 1.29 is 14.7 Å². The fraction of sp³-hybridized carbons (Fsp3) is 0.182. The molecule has 0 saturated carbocycles. The molecule has 2 amide bonds. The standard InChI is InChI=1S/C11H11N5O3S/c17-9(18)6-8(7-4-2-1-3-5-7)12-10(19)13-11-14-15-16-20-11/h1-5,8H,6H2,(H,17,18)(H2,12,13,14,16,19). The molecule has 0 fully saturated rings. The third-order valence-electron chi connectivity index (χ3n) is 2.41. The van der Waals surface area contributed by atoms with E-state index < -0.39 is 18.0 Å². The van der Waals surface area contributed by atoms with Crippen molar-refractivity contribution in [3.05, 3.63) is 35.9 Å². The number of aromatic nitrogens is 3. The molecule has 0 spiro atoms. The summed E-state index contributed by atoms with van der Waals surface area (Å²) in [5.41, 5.74) is 0.709. The van der Waals surface area contributed by atoms with Gasteiger partial charge in [0.2, 0.25) is 5.13 Å². The van der Waals surface area contributed by atoms with Crippen LogP contribution in [-0.2, 0) is 4.79 Å². The molecule has 0 aliphatic heterocycles. The first-order valence-electron chi connectivity index (χ1n) is 5.64. The molecule has 2 rings (SSSR count). The van der Waals surface area contributed by atoms with Crippen molar-refractivity contribution in [3.8, 4) is 0 Å². The maximum Gasteiger partial charge on any atom is 0.321 e. The number of hydrogen-bond acceptors (Lipinski definition) is 6. The van der Waals surface area contributed by atoms with Crippen LogP contribution in [0.1, 0.15) is 18.0 Å². The molecule has 0 saturated heterocycles. The van der Waals surface area contributed by atoms with Gasteiger partial charge in [-0.05, 0) is 10.8 Å². The molecule has 0 aliphatic carbocycles. The number of carbonyl (C=O) groups is 2. The van der Waals surface area contributed by atoms with Gasteiger partial charge in [0, 0.05) is 11.5 Å². The summed E-state index contributed by atoms with van der Waals surface area (Å²) in [5.74, 6) is -1.00. The lowest BCUT2D eigenvalue weighted by Crippen LogP contribution is -2.33. The van der Waals surface area contributed by atoms with Crippen LogP contribution in [0.25, 0.3) is 0 Å². The lowest BCUT2D eigenvalue weighted by atomic mass is 10.0. The van der Waals surface area contributed by atoms with Crippen LogP contribution in [-0.4, -0.2) is 31.9 Å². The van der Waals surface area contributed by atoms with Gasteiger partial charge in [-0.3, -0.25) is 10.1 Å². The second kappa shape index (κ2) is 6.57. The number of aliphatic carboxylic acids is 1. The molecule has 3 N–H and O–H groups in total. The summed E-state index contributed by atoms with van der Waals surface area (Å²) in [6.45, 7) is 0. The van der Waals surface area contributed by atoms with E-state index in [-0.39, 0.29) is 11.6 Å². The topological polar surface area (TPSA) is 117 Å². The van der Waals surface area contributed by atoms with Crippen molar-refractivity contribution >= 4 is 28.7 Å². The van der Waals surface area contributed by atoms with Crippen molar-refractivity contribution in [2.24, 2.45) is 0 Å². The monoisotopic (exact) mass is 293 g/mol. The Hall–Kier alpha value is -2.55. The lowest BCUT2D eigenvalue weighted by molar-refractivity contribution is -0.137. The van der Waals surface area contributed by atoms with Gasteiger partial charge in [0.25, 0.3) is 0 Å². The highest BCUT2D eigenvalue weighted by Gasteiger charge is 2.18. The number of anilines is 1. The number of nitrogens with zero attached hydrogens (tertiary/aromatic N) is 3. The third kappa shape index (κ3) is 3.99. The molecular weight excluding hydrogens is 282 g/mol. The summed E-state index contributed by atoms with van der Waals surface area (Å²) in [6.07, 6.45) is -0.216. The van der Waals surface area contributed by atoms with Gasteiger partial charge in [-0.1, -0.05) is 39.9 Å². The first-order chi connectivity index (χ1) is 9.65. The molecule has 0 aliphatic rings. The highest BCUT2D eigenvalue weighted by molar-refractivity contribution is 7.09. The maximum absolute atomic E-state index is 11.8. The van der Waals surface area contributed by atoms with Crippen LogP contribution in [0, 0.1) is 0 Å². The minimum absolute atomic E-state index is 0.216. The average Bonchev–Trinajstić information content (AvgIpc) is 2.91. The number of carboxylic acid groups (broad SMARTS) is 1. The molecule has 1 aromatic carbocycles. The van der Waals surface area contributed by atoms with E-state index in [1.165, 1.54) is 0 Å². The molecule has 0 bridgehead atoms. The van der Waals surface area contributed by atoms with E-state index in [0.717, 1.165) is 11.5 Å². The molecule has 2 aromatic rings. The zero-order valence-electron chi connectivity index (χ0n) is 10.2. The number of nitrogens with one attached hydrogen (secondary N) is 2. The predicted octanol–water partition coefficient (Wildman–Crippen LogP) is 1.27. The van der Waals surface area contributed by atoms with Gasteiger partial charge in [0.15, 0.2) is 0 Å². The van der Waals surface area contributed by atoms with E-state index in [0.29, 0.717) is 5.56 Å². The molecule has 1 unspecified atom stereocenters. The predicted molar refractivity (Wildman–Crippen MR) is 71.3 cm³/mol. The third-order valence-corrected chi connectivity index (χ3v) is 2.92. The Labute approximate surface area is 118 Å². The van der Waals surface area contributed by atoms with Crippen LogP contribution in [0.3, 0.4) is 0 Å². The summed E-state index contributed by atoms with van der Waals surface area (Å²) in [4.78, 5) is 22.7. The Balaban J connectivity index is 2.04. The van der Waals surface area contributed by atoms with Crippen LogP contribution in [0.2, 0.25) is 0 Å². The number of carboxylic acids is 1. The Morgan fingerprint density at radius 2 is 2.05 bits per heavy atom. The highest BCUT2D eigenvalue weighted by atomic mass is 32.1. The Bertz CT molecular complexity index is 575. The zero-order valence-corrected chi connectivity index (χ0v) is 11.0. The quantitative estimate of drug-likeness (QED) is 0.764. The van der Waals surface area contributed by atoms with E-state index in [1.807, 2.05) is 6.07 Å². The fourth-order valence-electron chi connectivity index (χ4n) is 1.59. The van der Waals surface area contributed by atoms with Gasteiger partial charge in [-0.25, -0.2) is 4.79 Å². The van der Waals surface area contributed by atoms with Crippen LogP contribution in [0.15, 0.2) is 30.3 Å². The molecule has 8 nitrogen and oxygen atoms in total. The summed E-state index contributed by atoms with van der Waals surface area (Å²) in [6, 6.07) is 7.68. The molecule has 104 valence electrons. The van der Waals surface area contributed by atoms with Crippen LogP contribution < -0.4 is 10.6 Å². The summed E-state index contributed by atoms with van der Waals surface area (Å²) < 4.78 is 3.50. The minimum Gasteiger partial charge on any atom is -0.481 e. The highest BCUT2D eigenvalue weighted by Crippen LogP contribution is 2.17. The van der Waals surface area contributed by atoms with Gasteiger partial charge < -0.3 is 10.4 Å². The van der Waals surface area contributed by atoms with Crippen molar-refractivity contribution in [3.63, 3.8) is 0 Å². The second-order valence-corrected chi connectivity index (χ2v) is 4.56. The fourth-order valence-corrected chi connectivity index (χ4v) is 1.95. The van der Waals surface area contributed by atoms with Gasteiger partial charge in [-0.15, -0.1) is 0 Å². The lowest BCUT2D eigenvalue weighted by Gasteiger charge is -2.17. The molecule has 1 heterocycles. The Kier molecular flexibility index (Phi) is 4.56. The van der Waals surface area contributed by atoms with Gasteiger partial charge >= 0.3 is 12.0 Å². The van der Waals surface area contributed by atoms with E-state index in [2.05, 4.69) is 25.4 Å². The van der Waals surface area contributed by atoms with E-state index in [1.54, 1.807) is 24.3 Å². The minimum atomic E-state index is -1.00. The molecule has 9 heteroatoms. The summed E-state index contributed by atoms with van der Waals surface area (Å²) >= 11 is 0.928.